The SMILES string of the molecule is CCCCOC(=O)/C=C/C=C(\C(=O)N(C)OC)c1ccc(Cl)cc1. The highest BCUT2D eigenvalue weighted by Crippen LogP contribution is 2.20. The van der Waals surface area contributed by atoms with Gasteiger partial charge in [-0.25, -0.2) is 9.86 Å². The second-order valence-electron chi connectivity index (χ2n) is 4.95. The minimum Gasteiger partial charge on any atom is -0.463 e. The maximum atomic E-state index is 12.4. The number of allylic oxidation sites excluding steroid dienone is 2. The monoisotopic (exact) mass is 351 g/mol. The lowest BCUT2D eigenvalue weighted by atomic mass is 10.0. The molecule has 0 unspecified atom stereocenters. The highest BCUT2D eigenvalue weighted by molar-refractivity contribution is 6.30. The number of hydroxylamine groups is 2. The van der Waals surface area contributed by atoms with E-state index in [1.165, 1.54) is 26.3 Å². The van der Waals surface area contributed by atoms with E-state index in [1.54, 1.807) is 30.3 Å². The maximum Gasteiger partial charge on any atom is 0.330 e. The van der Waals surface area contributed by atoms with Crippen LogP contribution in [0.4, 0.5) is 0 Å². The number of likely N-dealkylation sites (N-methyl/N-ethyl adjacent to an activating group) is 1. The molecule has 0 bridgehead atoms. The fraction of sp³-hybridized carbons (Fsp3) is 0.333. The highest BCUT2D eigenvalue weighted by Gasteiger charge is 2.16. The van der Waals surface area contributed by atoms with Gasteiger partial charge in [-0.15, -0.1) is 0 Å². The Morgan fingerprint density at radius 3 is 2.50 bits per heavy atom. The fourth-order valence-corrected chi connectivity index (χ4v) is 1.89. The van der Waals surface area contributed by atoms with Gasteiger partial charge in [0.1, 0.15) is 0 Å². The number of esters is 1. The Balaban J connectivity index is 2.94. The Bertz CT molecular complexity index is 608. The number of halogens is 1. The predicted octanol–water partition coefficient (Wildman–Crippen LogP) is 3.64. The van der Waals surface area contributed by atoms with Crippen molar-refractivity contribution >= 4 is 29.1 Å². The molecule has 1 rings (SSSR count). The van der Waals surface area contributed by atoms with Crippen molar-refractivity contribution in [3.8, 4) is 0 Å². The lowest BCUT2D eigenvalue weighted by Gasteiger charge is -2.16. The molecule has 1 aromatic carbocycles. The number of nitrogens with zero attached hydrogens (tertiary/aromatic N) is 1. The van der Waals surface area contributed by atoms with Gasteiger partial charge in [0.05, 0.1) is 13.7 Å². The largest absolute Gasteiger partial charge is 0.463 e. The average molecular weight is 352 g/mol. The summed E-state index contributed by atoms with van der Waals surface area (Å²) in [5.41, 5.74) is 1.03. The van der Waals surface area contributed by atoms with E-state index in [-0.39, 0.29) is 5.91 Å². The lowest BCUT2D eigenvalue weighted by Crippen LogP contribution is -2.26. The topological polar surface area (TPSA) is 55.8 Å². The number of hydrogen-bond donors (Lipinski definition) is 0. The van der Waals surface area contributed by atoms with Crippen molar-refractivity contribution in [1.29, 1.82) is 0 Å². The second-order valence-corrected chi connectivity index (χ2v) is 5.39. The summed E-state index contributed by atoms with van der Waals surface area (Å²) in [5.74, 6) is -0.786. The summed E-state index contributed by atoms with van der Waals surface area (Å²) in [6.07, 6.45) is 6.09. The third-order valence-electron chi connectivity index (χ3n) is 3.18. The molecule has 0 radical (unpaired) electrons. The quantitative estimate of drug-likeness (QED) is 0.236. The lowest BCUT2D eigenvalue weighted by molar-refractivity contribution is -0.161. The van der Waals surface area contributed by atoms with Gasteiger partial charge in [0.25, 0.3) is 5.91 Å². The average Bonchev–Trinajstić information content (AvgIpc) is 2.58. The molecule has 0 heterocycles. The summed E-state index contributed by atoms with van der Waals surface area (Å²) in [6.45, 7) is 2.40. The number of carbonyl (C=O) groups excluding carboxylic acids is 2. The summed E-state index contributed by atoms with van der Waals surface area (Å²) < 4.78 is 5.02. The molecule has 0 saturated carbocycles. The van der Waals surface area contributed by atoms with E-state index in [2.05, 4.69) is 0 Å². The van der Waals surface area contributed by atoms with Crippen LogP contribution < -0.4 is 0 Å². The van der Waals surface area contributed by atoms with Crippen molar-refractivity contribution in [3.05, 3.63) is 53.1 Å². The van der Waals surface area contributed by atoms with E-state index in [0.29, 0.717) is 22.8 Å². The minimum atomic E-state index is -0.442. The molecule has 0 saturated heterocycles. The van der Waals surface area contributed by atoms with Gasteiger partial charge in [-0.2, -0.15) is 0 Å². The van der Waals surface area contributed by atoms with Gasteiger partial charge in [0, 0.05) is 23.7 Å². The zero-order valence-electron chi connectivity index (χ0n) is 14.1. The van der Waals surface area contributed by atoms with Crippen LogP contribution in [0.3, 0.4) is 0 Å². The number of amides is 1. The Kier molecular flexibility index (Phi) is 8.83. The Morgan fingerprint density at radius 1 is 1.25 bits per heavy atom. The van der Waals surface area contributed by atoms with Crippen molar-refractivity contribution in [2.75, 3.05) is 20.8 Å². The summed E-state index contributed by atoms with van der Waals surface area (Å²) >= 11 is 5.88. The van der Waals surface area contributed by atoms with Crippen LogP contribution in [0.5, 0.6) is 0 Å². The van der Waals surface area contributed by atoms with Gasteiger partial charge in [-0.1, -0.05) is 43.2 Å². The van der Waals surface area contributed by atoms with Crippen LogP contribution in [0.2, 0.25) is 5.02 Å². The molecule has 0 atom stereocenters. The molecule has 6 heteroatoms. The zero-order valence-corrected chi connectivity index (χ0v) is 14.9. The van der Waals surface area contributed by atoms with Gasteiger partial charge >= 0.3 is 5.97 Å². The van der Waals surface area contributed by atoms with Crippen LogP contribution in [0.15, 0.2) is 42.5 Å². The molecular formula is C18H22ClNO4. The first-order valence-corrected chi connectivity index (χ1v) is 8.00. The fourth-order valence-electron chi connectivity index (χ4n) is 1.76. The second kappa shape index (κ2) is 10.6. The number of benzene rings is 1. The molecule has 1 aromatic rings. The minimum absolute atomic E-state index is 0.344. The van der Waals surface area contributed by atoms with Gasteiger partial charge in [-0.05, 0) is 30.2 Å². The smallest absolute Gasteiger partial charge is 0.330 e. The predicted molar refractivity (Wildman–Crippen MR) is 94.2 cm³/mol. The van der Waals surface area contributed by atoms with E-state index in [1.807, 2.05) is 6.92 Å². The van der Waals surface area contributed by atoms with Crippen LogP contribution in [0.1, 0.15) is 25.3 Å². The first kappa shape index (κ1) is 19.9. The van der Waals surface area contributed by atoms with E-state index in [4.69, 9.17) is 21.2 Å². The molecule has 0 fully saturated rings. The van der Waals surface area contributed by atoms with Crippen molar-refractivity contribution in [3.63, 3.8) is 0 Å². The molecular weight excluding hydrogens is 330 g/mol. The van der Waals surface area contributed by atoms with E-state index in [9.17, 15) is 9.59 Å². The zero-order chi connectivity index (χ0) is 17.9. The van der Waals surface area contributed by atoms with E-state index < -0.39 is 5.97 Å². The number of unbranched alkanes of at least 4 members (excludes halogenated alkanes) is 1. The first-order valence-electron chi connectivity index (χ1n) is 7.62. The molecule has 0 aliphatic carbocycles. The highest BCUT2D eigenvalue weighted by atomic mass is 35.5. The standard InChI is InChI=1S/C18H22ClNO4/c1-4-5-13-24-17(21)8-6-7-16(18(22)20(2)23-3)14-9-11-15(19)12-10-14/h6-12H,4-5,13H2,1-3H3/b8-6+,16-7-. The number of carbonyl (C=O) groups is 2. The van der Waals surface area contributed by atoms with Crippen LogP contribution in [-0.4, -0.2) is 37.7 Å². The van der Waals surface area contributed by atoms with Gasteiger partial charge in [0.15, 0.2) is 0 Å². The van der Waals surface area contributed by atoms with Crippen LogP contribution in [0, 0.1) is 0 Å². The van der Waals surface area contributed by atoms with E-state index in [0.717, 1.165) is 17.9 Å². The molecule has 0 aromatic heterocycles. The van der Waals surface area contributed by atoms with Crippen molar-refractivity contribution < 1.29 is 19.2 Å². The van der Waals surface area contributed by atoms with Gasteiger partial charge in [0.2, 0.25) is 0 Å². The van der Waals surface area contributed by atoms with Crippen molar-refractivity contribution in [2.45, 2.75) is 19.8 Å². The third-order valence-corrected chi connectivity index (χ3v) is 3.43. The molecule has 130 valence electrons. The first-order chi connectivity index (χ1) is 11.5. The molecule has 1 amide bonds. The number of rotatable bonds is 8. The summed E-state index contributed by atoms with van der Waals surface area (Å²) in [7, 11) is 2.91. The van der Waals surface area contributed by atoms with Crippen LogP contribution in [-0.2, 0) is 19.2 Å². The van der Waals surface area contributed by atoms with Crippen LogP contribution >= 0.6 is 11.6 Å². The Hall–Kier alpha value is -2.11. The van der Waals surface area contributed by atoms with Crippen LogP contribution in [0.25, 0.3) is 5.57 Å². The number of hydrogen-bond acceptors (Lipinski definition) is 4. The molecule has 5 nitrogen and oxygen atoms in total. The summed E-state index contributed by atoms with van der Waals surface area (Å²) in [4.78, 5) is 28.9. The molecule has 0 aliphatic rings. The van der Waals surface area contributed by atoms with Gasteiger partial charge < -0.3 is 4.74 Å². The normalized spacial score (nSPS) is 11.6. The van der Waals surface area contributed by atoms with E-state index >= 15 is 0 Å². The third kappa shape index (κ3) is 6.56. The molecule has 0 spiro atoms. The Morgan fingerprint density at radius 2 is 1.92 bits per heavy atom. The molecule has 0 N–H and O–H groups in total. The molecule has 0 aliphatic heterocycles. The van der Waals surface area contributed by atoms with Crippen molar-refractivity contribution in [1.82, 2.24) is 5.06 Å². The Labute approximate surface area is 147 Å². The molecule has 24 heavy (non-hydrogen) atoms. The van der Waals surface area contributed by atoms with Gasteiger partial charge in [-0.3, -0.25) is 9.63 Å². The maximum absolute atomic E-state index is 12.4. The van der Waals surface area contributed by atoms with Crippen molar-refractivity contribution in [2.24, 2.45) is 0 Å². The summed E-state index contributed by atoms with van der Waals surface area (Å²) in [5, 5.41) is 1.68. The number of ether oxygens (including phenoxy) is 1. The summed E-state index contributed by atoms with van der Waals surface area (Å²) in [6, 6.07) is 6.83.